The molecule has 6 nitrogen and oxygen atoms in total. The molecule has 3 N–H and O–H groups in total. The lowest BCUT2D eigenvalue weighted by molar-refractivity contribution is 0.0996. The second-order valence-electron chi connectivity index (χ2n) is 5.63. The Kier molecular flexibility index (Phi) is 5.78. The van der Waals surface area contributed by atoms with Crippen molar-refractivity contribution in [2.75, 3.05) is 12.4 Å². The molecule has 0 unspecified atom stereocenters. The van der Waals surface area contributed by atoms with Gasteiger partial charge < -0.3 is 20.5 Å². The summed E-state index contributed by atoms with van der Waals surface area (Å²) in [6.45, 7) is 0.369. The van der Waals surface area contributed by atoms with Crippen molar-refractivity contribution < 1.29 is 14.3 Å². The average Bonchev–Trinajstić information content (AvgIpc) is 2.68. The van der Waals surface area contributed by atoms with Crippen LogP contribution in [0, 0.1) is 0 Å². The van der Waals surface area contributed by atoms with Gasteiger partial charge in [-0.3, -0.25) is 4.79 Å². The fourth-order valence-corrected chi connectivity index (χ4v) is 2.73. The van der Waals surface area contributed by atoms with Crippen LogP contribution in [0.4, 0.5) is 5.69 Å². The number of carbonyl (C=O) groups excluding carboxylic acids is 1. The van der Waals surface area contributed by atoms with Crippen LogP contribution in [0.1, 0.15) is 15.9 Å². The summed E-state index contributed by atoms with van der Waals surface area (Å²) in [6, 6.07) is 16.5. The minimum atomic E-state index is -0.617. The Bertz CT molecular complexity index is 948. The number of ether oxygens (including phenoxy) is 2. The summed E-state index contributed by atoms with van der Waals surface area (Å²) in [4.78, 5) is 15.6. The van der Waals surface area contributed by atoms with Crippen molar-refractivity contribution in [2.45, 2.75) is 6.54 Å². The summed E-state index contributed by atoms with van der Waals surface area (Å²) in [5.41, 5.74) is 6.95. The molecule has 3 aromatic rings. The number of primary amides is 1. The van der Waals surface area contributed by atoms with Crippen LogP contribution in [0.15, 0.2) is 60.8 Å². The van der Waals surface area contributed by atoms with E-state index in [4.69, 9.17) is 26.8 Å². The fraction of sp³-hybridized carbons (Fsp3) is 0.100. The third kappa shape index (κ3) is 4.48. The minimum Gasteiger partial charge on any atom is -0.480 e. The molecule has 0 aliphatic heterocycles. The van der Waals surface area contributed by atoms with Crippen LogP contribution in [0.3, 0.4) is 0 Å². The molecular formula is C20H18ClN3O3. The average molecular weight is 384 g/mol. The maximum Gasteiger partial charge on any atom is 0.254 e. The highest BCUT2D eigenvalue weighted by molar-refractivity contribution is 6.31. The molecule has 0 atom stereocenters. The van der Waals surface area contributed by atoms with Crippen LogP contribution < -0.4 is 20.5 Å². The molecule has 0 radical (unpaired) electrons. The number of hydrogen-bond acceptors (Lipinski definition) is 5. The molecule has 0 bridgehead atoms. The highest BCUT2D eigenvalue weighted by Gasteiger charge is 2.13. The SMILES string of the molecule is COc1ncc(NCc2c(Cl)cccc2Oc2ccccc2)cc1C(N)=O. The molecule has 1 amide bonds. The Labute approximate surface area is 161 Å². The predicted molar refractivity (Wildman–Crippen MR) is 105 cm³/mol. The van der Waals surface area contributed by atoms with Gasteiger partial charge in [0, 0.05) is 17.1 Å². The Balaban J connectivity index is 1.82. The molecule has 0 saturated carbocycles. The van der Waals surface area contributed by atoms with E-state index < -0.39 is 5.91 Å². The Hall–Kier alpha value is -3.25. The van der Waals surface area contributed by atoms with E-state index in [-0.39, 0.29) is 11.4 Å². The number of aromatic nitrogens is 1. The first-order valence-corrected chi connectivity index (χ1v) is 8.54. The van der Waals surface area contributed by atoms with Gasteiger partial charge in [0.05, 0.1) is 19.0 Å². The molecule has 0 spiro atoms. The molecule has 3 rings (SSSR count). The Morgan fingerprint density at radius 2 is 1.96 bits per heavy atom. The molecule has 0 fully saturated rings. The second kappa shape index (κ2) is 8.42. The van der Waals surface area contributed by atoms with E-state index in [0.717, 1.165) is 5.56 Å². The van der Waals surface area contributed by atoms with Crippen LogP contribution in [-0.2, 0) is 6.54 Å². The summed E-state index contributed by atoms with van der Waals surface area (Å²) in [7, 11) is 1.43. The molecule has 138 valence electrons. The van der Waals surface area contributed by atoms with E-state index >= 15 is 0 Å². The second-order valence-corrected chi connectivity index (χ2v) is 6.04. The number of methoxy groups -OCH3 is 1. The number of benzene rings is 2. The number of anilines is 1. The van der Waals surface area contributed by atoms with Gasteiger partial charge in [0.2, 0.25) is 5.88 Å². The molecule has 1 heterocycles. The third-order valence-corrected chi connectivity index (χ3v) is 4.18. The number of para-hydroxylation sites is 1. The van der Waals surface area contributed by atoms with Crippen molar-refractivity contribution in [3.8, 4) is 17.4 Å². The van der Waals surface area contributed by atoms with Crippen LogP contribution in [-0.4, -0.2) is 18.0 Å². The maximum absolute atomic E-state index is 11.6. The molecule has 0 saturated heterocycles. The Morgan fingerprint density at radius 1 is 1.19 bits per heavy atom. The third-order valence-electron chi connectivity index (χ3n) is 3.83. The van der Waals surface area contributed by atoms with Gasteiger partial charge >= 0.3 is 0 Å². The first-order valence-electron chi connectivity index (χ1n) is 8.16. The van der Waals surface area contributed by atoms with E-state index in [0.29, 0.717) is 28.8 Å². The molecule has 0 aliphatic carbocycles. The summed E-state index contributed by atoms with van der Waals surface area (Å²) in [6.07, 6.45) is 1.56. The number of nitrogens with two attached hydrogens (primary N) is 1. The number of nitrogens with zero attached hydrogens (tertiary/aromatic N) is 1. The van der Waals surface area contributed by atoms with Crippen molar-refractivity contribution >= 4 is 23.2 Å². The molecule has 0 aliphatic rings. The van der Waals surface area contributed by atoms with Gasteiger partial charge in [-0.25, -0.2) is 4.98 Å². The number of hydrogen-bond donors (Lipinski definition) is 2. The van der Waals surface area contributed by atoms with Crippen molar-refractivity contribution in [2.24, 2.45) is 5.73 Å². The number of pyridine rings is 1. The van der Waals surface area contributed by atoms with Crippen molar-refractivity contribution in [1.29, 1.82) is 0 Å². The zero-order chi connectivity index (χ0) is 19.2. The lowest BCUT2D eigenvalue weighted by atomic mass is 10.2. The van der Waals surface area contributed by atoms with E-state index in [1.165, 1.54) is 7.11 Å². The van der Waals surface area contributed by atoms with Crippen molar-refractivity contribution in [3.63, 3.8) is 0 Å². The highest BCUT2D eigenvalue weighted by Crippen LogP contribution is 2.31. The van der Waals surface area contributed by atoms with Crippen molar-refractivity contribution in [3.05, 3.63) is 76.9 Å². The monoisotopic (exact) mass is 383 g/mol. The normalized spacial score (nSPS) is 10.3. The van der Waals surface area contributed by atoms with E-state index in [1.807, 2.05) is 42.5 Å². The maximum atomic E-state index is 11.6. The number of rotatable bonds is 7. The van der Waals surface area contributed by atoms with Gasteiger partial charge in [0.25, 0.3) is 5.91 Å². The summed E-state index contributed by atoms with van der Waals surface area (Å²) < 4.78 is 11.0. The number of amides is 1. The standard InChI is InChI=1S/C20H18ClN3O3/c1-26-20-15(19(22)25)10-13(11-24-20)23-12-16-17(21)8-5-9-18(16)27-14-6-3-2-4-7-14/h2-11,23H,12H2,1H3,(H2,22,25). The summed E-state index contributed by atoms with van der Waals surface area (Å²) in [5.74, 6) is 0.911. The lowest BCUT2D eigenvalue weighted by Gasteiger charge is -2.14. The van der Waals surface area contributed by atoms with Gasteiger partial charge in [-0.05, 0) is 30.3 Å². The molecule has 2 aromatic carbocycles. The quantitative estimate of drug-likeness (QED) is 0.637. The van der Waals surface area contributed by atoms with E-state index in [9.17, 15) is 4.79 Å². The zero-order valence-electron chi connectivity index (χ0n) is 14.6. The molecule has 1 aromatic heterocycles. The Morgan fingerprint density at radius 3 is 2.67 bits per heavy atom. The number of halogens is 1. The predicted octanol–water partition coefficient (Wildman–Crippen LogP) is 4.25. The van der Waals surface area contributed by atoms with Crippen LogP contribution >= 0.6 is 11.6 Å². The lowest BCUT2D eigenvalue weighted by Crippen LogP contribution is -2.14. The largest absolute Gasteiger partial charge is 0.480 e. The molecule has 27 heavy (non-hydrogen) atoms. The van der Waals surface area contributed by atoms with Gasteiger partial charge in [0.1, 0.15) is 17.1 Å². The van der Waals surface area contributed by atoms with Gasteiger partial charge in [-0.2, -0.15) is 0 Å². The number of carbonyl (C=O) groups is 1. The van der Waals surface area contributed by atoms with E-state index in [1.54, 1.807) is 18.3 Å². The minimum absolute atomic E-state index is 0.180. The van der Waals surface area contributed by atoms with E-state index in [2.05, 4.69) is 10.3 Å². The van der Waals surface area contributed by atoms with Gasteiger partial charge in [-0.1, -0.05) is 35.9 Å². The van der Waals surface area contributed by atoms with Crippen LogP contribution in [0.2, 0.25) is 5.02 Å². The van der Waals surface area contributed by atoms with Crippen LogP contribution in [0.25, 0.3) is 0 Å². The zero-order valence-corrected chi connectivity index (χ0v) is 15.4. The summed E-state index contributed by atoms with van der Waals surface area (Å²) >= 11 is 6.36. The molecular weight excluding hydrogens is 366 g/mol. The summed E-state index contributed by atoms with van der Waals surface area (Å²) in [5, 5.41) is 3.75. The molecule has 7 heteroatoms. The number of nitrogens with one attached hydrogen (secondary N) is 1. The van der Waals surface area contributed by atoms with Gasteiger partial charge in [-0.15, -0.1) is 0 Å². The highest BCUT2D eigenvalue weighted by atomic mass is 35.5. The first-order chi connectivity index (χ1) is 13.1. The first kappa shape index (κ1) is 18.5. The van der Waals surface area contributed by atoms with Gasteiger partial charge in [0.15, 0.2) is 0 Å². The van der Waals surface area contributed by atoms with Crippen LogP contribution in [0.5, 0.6) is 17.4 Å². The smallest absolute Gasteiger partial charge is 0.254 e. The topological polar surface area (TPSA) is 86.5 Å². The fourth-order valence-electron chi connectivity index (χ4n) is 2.50. The van der Waals surface area contributed by atoms with Crippen molar-refractivity contribution in [1.82, 2.24) is 4.98 Å².